The summed E-state index contributed by atoms with van der Waals surface area (Å²) in [4.78, 5) is 14.5. The standard InChI is InChI=1S/C13H12N2O/c14-13(16)8-5-6-12-10(7-8)9-3-1-2-4-11(9)15-12/h5-7,15H,2-4H2,(H2,14,16). The van der Waals surface area contributed by atoms with E-state index in [1.165, 1.54) is 11.3 Å². The van der Waals surface area contributed by atoms with Crippen LogP contribution < -0.4 is 5.73 Å². The quantitative estimate of drug-likeness (QED) is 0.744. The molecule has 3 N–H and O–H groups in total. The van der Waals surface area contributed by atoms with E-state index in [9.17, 15) is 4.79 Å². The molecule has 0 spiro atoms. The lowest BCUT2D eigenvalue weighted by atomic mass is 9.95. The molecule has 1 aliphatic carbocycles. The summed E-state index contributed by atoms with van der Waals surface area (Å²) in [5.74, 6) is -0.374. The Balaban J connectivity index is 2.25. The zero-order chi connectivity index (χ0) is 11.1. The number of amides is 1. The second-order valence-electron chi connectivity index (χ2n) is 4.13. The lowest BCUT2D eigenvalue weighted by Gasteiger charge is -2.09. The second-order valence-corrected chi connectivity index (χ2v) is 4.13. The lowest BCUT2D eigenvalue weighted by Crippen LogP contribution is -2.10. The van der Waals surface area contributed by atoms with Gasteiger partial charge in [0.25, 0.3) is 0 Å². The van der Waals surface area contributed by atoms with Gasteiger partial charge in [-0.1, -0.05) is 0 Å². The smallest absolute Gasteiger partial charge is 0.248 e. The molecule has 3 rings (SSSR count). The first kappa shape index (κ1) is 9.46. The Labute approximate surface area is 93.6 Å². The van der Waals surface area contributed by atoms with Gasteiger partial charge in [-0.3, -0.25) is 4.79 Å². The molecule has 0 saturated carbocycles. The minimum Gasteiger partial charge on any atom is -0.366 e. The third kappa shape index (κ3) is 1.32. The Morgan fingerprint density at radius 2 is 2.31 bits per heavy atom. The fourth-order valence-electron chi connectivity index (χ4n) is 2.30. The number of rotatable bonds is 1. The van der Waals surface area contributed by atoms with E-state index >= 15 is 0 Å². The third-order valence-electron chi connectivity index (χ3n) is 3.13. The minimum absolute atomic E-state index is 0.374. The van der Waals surface area contributed by atoms with Crippen molar-refractivity contribution in [1.29, 1.82) is 0 Å². The van der Waals surface area contributed by atoms with Crippen LogP contribution in [0.25, 0.3) is 10.9 Å². The predicted molar refractivity (Wildman–Crippen MR) is 62.1 cm³/mol. The van der Waals surface area contributed by atoms with Gasteiger partial charge >= 0.3 is 0 Å². The average Bonchev–Trinajstić information content (AvgIpc) is 2.66. The van der Waals surface area contributed by atoms with Crippen LogP contribution in [0, 0.1) is 6.42 Å². The number of primary amides is 1. The van der Waals surface area contributed by atoms with Crippen molar-refractivity contribution in [2.75, 3.05) is 0 Å². The van der Waals surface area contributed by atoms with Crippen LogP contribution in [-0.2, 0) is 12.8 Å². The highest BCUT2D eigenvalue weighted by molar-refractivity contribution is 5.98. The fourth-order valence-corrected chi connectivity index (χ4v) is 2.30. The Kier molecular flexibility index (Phi) is 1.99. The summed E-state index contributed by atoms with van der Waals surface area (Å²) in [6, 6.07) is 5.56. The van der Waals surface area contributed by atoms with Crippen LogP contribution >= 0.6 is 0 Å². The molecule has 1 aromatic carbocycles. The molecule has 3 nitrogen and oxygen atoms in total. The van der Waals surface area contributed by atoms with Gasteiger partial charge in [0, 0.05) is 22.2 Å². The molecular weight excluding hydrogens is 200 g/mol. The van der Waals surface area contributed by atoms with Crippen molar-refractivity contribution in [3.8, 4) is 0 Å². The molecule has 16 heavy (non-hydrogen) atoms. The van der Waals surface area contributed by atoms with Crippen molar-refractivity contribution in [1.82, 2.24) is 4.98 Å². The molecule has 3 heteroatoms. The van der Waals surface area contributed by atoms with Crippen molar-refractivity contribution >= 4 is 16.8 Å². The Morgan fingerprint density at radius 1 is 1.44 bits per heavy atom. The topological polar surface area (TPSA) is 58.9 Å². The molecule has 1 aliphatic rings. The number of carbonyl (C=O) groups excluding carboxylic acids is 1. The molecule has 0 atom stereocenters. The van der Waals surface area contributed by atoms with Gasteiger partial charge in [-0.05, 0) is 49.4 Å². The van der Waals surface area contributed by atoms with E-state index in [1.54, 1.807) is 6.07 Å². The van der Waals surface area contributed by atoms with Crippen LogP contribution in [0.1, 0.15) is 28.0 Å². The van der Waals surface area contributed by atoms with Crippen LogP contribution in [0.4, 0.5) is 0 Å². The summed E-state index contributed by atoms with van der Waals surface area (Å²) in [7, 11) is 0. The maximum Gasteiger partial charge on any atom is 0.248 e. The van der Waals surface area contributed by atoms with E-state index < -0.39 is 0 Å². The first-order chi connectivity index (χ1) is 7.75. The first-order valence-electron chi connectivity index (χ1n) is 5.40. The fraction of sp³-hybridized carbons (Fsp3) is 0.231. The van der Waals surface area contributed by atoms with Crippen LogP contribution in [0.5, 0.6) is 0 Å². The Bertz CT molecular complexity index is 569. The summed E-state index contributed by atoms with van der Waals surface area (Å²) >= 11 is 0. The molecule has 0 saturated heterocycles. The van der Waals surface area contributed by atoms with Crippen molar-refractivity contribution in [2.24, 2.45) is 5.73 Å². The largest absolute Gasteiger partial charge is 0.366 e. The minimum atomic E-state index is -0.374. The number of H-pyrrole nitrogens is 1. The van der Waals surface area contributed by atoms with E-state index in [0.29, 0.717) is 5.56 Å². The number of aryl methyl sites for hydroxylation is 1. The SMILES string of the molecule is NC(=O)c1ccc2[nH]c3c(c2c1)C[C]CC3. The second kappa shape index (κ2) is 3.37. The molecule has 0 unspecified atom stereocenters. The van der Waals surface area contributed by atoms with Crippen molar-refractivity contribution in [3.63, 3.8) is 0 Å². The van der Waals surface area contributed by atoms with Crippen LogP contribution in [0.15, 0.2) is 18.2 Å². The normalized spacial score (nSPS) is 15.0. The highest BCUT2D eigenvalue weighted by Crippen LogP contribution is 2.29. The zero-order valence-electron chi connectivity index (χ0n) is 8.84. The first-order valence-corrected chi connectivity index (χ1v) is 5.40. The maximum atomic E-state index is 11.1. The molecule has 0 bridgehead atoms. The van der Waals surface area contributed by atoms with Gasteiger partial charge in [0.15, 0.2) is 0 Å². The molecule has 80 valence electrons. The number of hydrogen-bond acceptors (Lipinski definition) is 1. The zero-order valence-corrected chi connectivity index (χ0v) is 8.84. The summed E-state index contributed by atoms with van der Waals surface area (Å²) in [5.41, 5.74) is 9.48. The van der Waals surface area contributed by atoms with E-state index in [4.69, 9.17) is 5.73 Å². The van der Waals surface area contributed by atoms with Gasteiger partial charge in [-0.25, -0.2) is 0 Å². The molecular formula is C13H12N2O. The number of aromatic nitrogens is 1. The van der Waals surface area contributed by atoms with Gasteiger partial charge in [0.2, 0.25) is 5.91 Å². The molecule has 0 aliphatic heterocycles. The summed E-state index contributed by atoms with van der Waals surface area (Å²) in [6.45, 7) is 0. The number of fused-ring (bicyclic) bond motifs is 3. The predicted octanol–water partition coefficient (Wildman–Crippen LogP) is 1.84. The van der Waals surface area contributed by atoms with Gasteiger partial charge in [0.1, 0.15) is 0 Å². The van der Waals surface area contributed by atoms with E-state index in [-0.39, 0.29) is 5.91 Å². The lowest BCUT2D eigenvalue weighted by molar-refractivity contribution is 0.100. The van der Waals surface area contributed by atoms with Gasteiger partial charge in [0.05, 0.1) is 0 Å². The third-order valence-corrected chi connectivity index (χ3v) is 3.13. The van der Waals surface area contributed by atoms with Gasteiger partial charge in [-0.2, -0.15) is 0 Å². The van der Waals surface area contributed by atoms with E-state index in [2.05, 4.69) is 11.4 Å². The molecule has 2 radical (unpaired) electrons. The van der Waals surface area contributed by atoms with Gasteiger partial charge in [-0.15, -0.1) is 0 Å². The summed E-state index contributed by atoms with van der Waals surface area (Å²) in [5, 5.41) is 1.11. The molecule has 1 amide bonds. The van der Waals surface area contributed by atoms with E-state index in [1.807, 2.05) is 12.1 Å². The number of nitrogens with two attached hydrogens (primary N) is 1. The van der Waals surface area contributed by atoms with Crippen LogP contribution in [0.3, 0.4) is 0 Å². The number of benzene rings is 1. The maximum absolute atomic E-state index is 11.1. The monoisotopic (exact) mass is 212 g/mol. The average molecular weight is 212 g/mol. The molecule has 1 heterocycles. The number of nitrogens with one attached hydrogen (secondary N) is 1. The highest BCUT2D eigenvalue weighted by Gasteiger charge is 2.16. The summed E-state index contributed by atoms with van der Waals surface area (Å²) < 4.78 is 0. The Morgan fingerprint density at radius 3 is 3.12 bits per heavy atom. The van der Waals surface area contributed by atoms with Crippen LogP contribution in [-0.4, -0.2) is 10.9 Å². The summed E-state index contributed by atoms with van der Waals surface area (Å²) in [6.07, 6.45) is 6.20. The van der Waals surface area contributed by atoms with Crippen molar-refractivity contribution < 1.29 is 4.79 Å². The van der Waals surface area contributed by atoms with Crippen molar-refractivity contribution in [2.45, 2.75) is 19.3 Å². The Hall–Kier alpha value is -1.77. The molecule has 1 aromatic heterocycles. The molecule has 2 aromatic rings. The highest BCUT2D eigenvalue weighted by atomic mass is 16.1. The number of aromatic amines is 1. The van der Waals surface area contributed by atoms with Gasteiger partial charge < -0.3 is 10.7 Å². The molecule has 0 fully saturated rings. The van der Waals surface area contributed by atoms with Crippen LogP contribution in [0.2, 0.25) is 0 Å². The number of hydrogen-bond donors (Lipinski definition) is 2. The van der Waals surface area contributed by atoms with Crippen molar-refractivity contribution in [3.05, 3.63) is 41.4 Å². The van der Waals surface area contributed by atoms with E-state index in [0.717, 1.165) is 30.2 Å². The number of carbonyl (C=O) groups is 1.